The summed E-state index contributed by atoms with van der Waals surface area (Å²) in [7, 11) is 0. The van der Waals surface area contributed by atoms with Crippen LogP contribution in [0.1, 0.15) is 45.1 Å². The Morgan fingerprint density at radius 2 is 1.91 bits per heavy atom. The van der Waals surface area contributed by atoms with Crippen molar-refractivity contribution >= 4 is 29.3 Å². The molecular formula is C27H33N3O4. The standard InChI is InChI=1S/C27H33N3O4/c1-3-9-23(27(32)28-21-11-8-12-22(17-21)30-14-5-6-15-30)29-26(31)20-16-19-10-7-13-24(33-4-2)25(19)34-18-20/h7-8,10-13,16-17,23H,3-6,9,14-15,18H2,1-2H3,(H,28,32)(H,29,31). The summed E-state index contributed by atoms with van der Waals surface area (Å²) in [4.78, 5) is 28.4. The first-order valence-electron chi connectivity index (χ1n) is 12.1. The highest BCUT2D eigenvalue weighted by Gasteiger charge is 2.25. The summed E-state index contributed by atoms with van der Waals surface area (Å²) in [6.07, 6.45) is 5.50. The molecule has 1 atom stereocenters. The minimum Gasteiger partial charge on any atom is -0.490 e. The predicted octanol–water partition coefficient (Wildman–Crippen LogP) is 4.38. The van der Waals surface area contributed by atoms with Crippen LogP contribution in [0.5, 0.6) is 11.5 Å². The van der Waals surface area contributed by atoms with Crippen LogP contribution in [0.25, 0.3) is 6.08 Å². The lowest BCUT2D eigenvalue weighted by Crippen LogP contribution is -2.45. The van der Waals surface area contributed by atoms with Crippen LogP contribution in [0.3, 0.4) is 0 Å². The largest absolute Gasteiger partial charge is 0.490 e. The van der Waals surface area contributed by atoms with E-state index in [1.165, 1.54) is 12.8 Å². The van der Waals surface area contributed by atoms with Gasteiger partial charge in [-0.15, -0.1) is 0 Å². The number of anilines is 2. The van der Waals surface area contributed by atoms with E-state index in [9.17, 15) is 9.59 Å². The van der Waals surface area contributed by atoms with Crippen LogP contribution >= 0.6 is 0 Å². The van der Waals surface area contributed by atoms with Crippen LogP contribution in [-0.2, 0) is 9.59 Å². The van der Waals surface area contributed by atoms with Crippen molar-refractivity contribution in [3.05, 3.63) is 53.6 Å². The molecule has 2 aromatic rings. The maximum Gasteiger partial charge on any atom is 0.251 e. The number of carbonyl (C=O) groups excluding carboxylic acids is 2. The number of ether oxygens (including phenoxy) is 2. The van der Waals surface area contributed by atoms with E-state index < -0.39 is 6.04 Å². The Morgan fingerprint density at radius 1 is 1.12 bits per heavy atom. The molecule has 2 aliphatic heterocycles. The van der Waals surface area contributed by atoms with Gasteiger partial charge in [0.1, 0.15) is 12.6 Å². The molecule has 0 spiro atoms. The van der Waals surface area contributed by atoms with Crippen molar-refractivity contribution < 1.29 is 19.1 Å². The molecule has 1 unspecified atom stereocenters. The van der Waals surface area contributed by atoms with E-state index in [-0.39, 0.29) is 18.4 Å². The second kappa shape index (κ2) is 11.1. The molecular weight excluding hydrogens is 430 g/mol. The number of amides is 2. The zero-order chi connectivity index (χ0) is 23.9. The molecule has 7 nitrogen and oxygen atoms in total. The van der Waals surface area contributed by atoms with E-state index in [4.69, 9.17) is 9.47 Å². The van der Waals surface area contributed by atoms with Gasteiger partial charge in [-0.3, -0.25) is 9.59 Å². The molecule has 1 fully saturated rings. The maximum atomic E-state index is 13.1. The van der Waals surface area contributed by atoms with Gasteiger partial charge in [-0.1, -0.05) is 31.5 Å². The average Bonchev–Trinajstić information content (AvgIpc) is 3.39. The Hall–Kier alpha value is -3.48. The van der Waals surface area contributed by atoms with Crippen LogP contribution < -0.4 is 25.0 Å². The molecule has 7 heteroatoms. The summed E-state index contributed by atoms with van der Waals surface area (Å²) in [5.41, 5.74) is 3.12. The number of hydrogen-bond acceptors (Lipinski definition) is 5. The highest BCUT2D eigenvalue weighted by molar-refractivity contribution is 6.03. The Balaban J connectivity index is 1.43. The molecule has 1 saturated heterocycles. The van der Waals surface area contributed by atoms with Gasteiger partial charge in [-0.05, 0) is 56.5 Å². The molecule has 2 N–H and O–H groups in total. The number of carbonyl (C=O) groups is 2. The van der Waals surface area contributed by atoms with Crippen LogP contribution in [0.2, 0.25) is 0 Å². The highest BCUT2D eigenvalue weighted by atomic mass is 16.5. The van der Waals surface area contributed by atoms with E-state index in [1.54, 1.807) is 6.08 Å². The Labute approximate surface area is 201 Å². The van der Waals surface area contributed by atoms with Crippen molar-refractivity contribution in [2.45, 2.75) is 45.6 Å². The first-order valence-corrected chi connectivity index (χ1v) is 12.1. The average molecular weight is 464 g/mol. The summed E-state index contributed by atoms with van der Waals surface area (Å²) in [6, 6.07) is 12.9. The van der Waals surface area contributed by atoms with Gasteiger partial charge in [0.2, 0.25) is 5.91 Å². The second-order valence-electron chi connectivity index (χ2n) is 8.61. The Kier molecular flexibility index (Phi) is 7.72. The molecule has 2 aliphatic rings. The zero-order valence-corrected chi connectivity index (χ0v) is 19.9. The van der Waals surface area contributed by atoms with Gasteiger partial charge in [0.25, 0.3) is 5.91 Å². The minimum absolute atomic E-state index is 0.126. The summed E-state index contributed by atoms with van der Waals surface area (Å²) >= 11 is 0. The molecule has 4 rings (SSSR count). The normalized spacial score (nSPS) is 15.6. The van der Waals surface area contributed by atoms with Crippen molar-refractivity contribution in [2.24, 2.45) is 0 Å². The smallest absolute Gasteiger partial charge is 0.251 e. The van der Waals surface area contributed by atoms with E-state index in [0.29, 0.717) is 30.1 Å². The van der Waals surface area contributed by atoms with Crippen LogP contribution in [-0.4, -0.2) is 44.2 Å². The number of fused-ring (bicyclic) bond motifs is 1. The van der Waals surface area contributed by atoms with E-state index >= 15 is 0 Å². The van der Waals surface area contributed by atoms with Crippen molar-refractivity contribution in [3.8, 4) is 11.5 Å². The number of nitrogens with one attached hydrogen (secondary N) is 2. The predicted molar refractivity (Wildman–Crippen MR) is 134 cm³/mol. The van der Waals surface area contributed by atoms with Gasteiger partial charge < -0.3 is 25.0 Å². The van der Waals surface area contributed by atoms with Gasteiger partial charge >= 0.3 is 0 Å². The van der Waals surface area contributed by atoms with Crippen LogP contribution in [0.15, 0.2) is 48.0 Å². The Morgan fingerprint density at radius 3 is 2.68 bits per heavy atom. The molecule has 2 aromatic carbocycles. The summed E-state index contributed by atoms with van der Waals surface area (Å²) in [6.45, 7) is 6.65. The lowest BCUT2D eigenvalue weighted by Gasteiger charge is -2.23. The van der Waals surface area contributed by atoms with Crippen LogP contribution in [0.4, 0.5) is 11.4 Å². The molecule has 2 heterocycles. The lowest BCUT2D eigenvalue weighted by atomic mass is 10.1. The molecule has 0 bridgehead atoms. The van der Waals surface area contributed by atoms with Gasteiger partial charge in [0.15, 0.2) is 11.5 Å². The van der Waals surface area contributed by atoms with Crippen molar-refractivity contribution in [2.75, 3.05) is 36.5 Å². The molecule has 2 amide bonds. The van der Waals surface area contributed by atoms with Crippen molar-refractivity contribution in [3.63, 3.8) is 0 Å². The monoisotopic (exact) mass is 463 g/mol. The third-order valence-electron chi connectivity index (χ3n) is 6.09. The lowest BCUT2D eigenvalue weighted by molar-refractivity contribution is -0.124. The quantitative estimate of drug-likeness (QED) is 0.577. The number of benzene rings is 2. The van der Waals surface area contributed by atoms with Crippen molar-refractivity contribution in [1.29, 1.82) is 0 Å². The number of nitrogens with zero attached hydrogens (tertiary/aromatic N) is 1. The number of hydrogen-bond donors (Lipinski definition) is 2. The second-order valence-corrected chi connectivity index (χ2v) is 8.61. The molecule has 180 valence electrons. The molecule has 0 aromatic heterocycles. The molecule has 0 radical (unpaired) electrons. The minimum atomic E-state index is -0.634. The van der Waals surface area contributed by atoms with E-state index in [1.807, 2.05) is 50.2 Å². The zero-order valence-electron chi connectivity index (χ0n) is 19.9. The third-order valence-corrected chi connectivity index (χ3v) is 6.09. The Bertz CT molecular complexity index is 1060. The summed E-state index contributed by atoms with van der Waals surface area (Å²) in [5, 5.41) is 5.90. The van der Waals surface area contributed by atoms with Gasteiger partial charge in [-0.2, -0.15) is 0 Å². The summed E-state index contributed by atoms with van der Waals surface area (Å²) < 4.78 is 11.5. The van der Waals surface area contributed by atoms with Gasteiger partial charge in [0, 0.05) is 30.0 Å². The third kappa shape index (κ3) is 5.53. The van der Waals surface area contributed by atoms with E-state index in [0.717, 1.165) is 36.4 Å². The first kappa shape index (κ1) is 23.7. The molecule has 0 saturated carbocycles. The fourth-order valence-corrected chi connectivity index (χ4v) is 4.37. The number of para-hydroxylation sites is 1. The van der Waals surface area contributed by atoms with E-state index in [2.05, 4.69) is 21.6 Å². The first-order chi connectivity index (χ1) is 16.6. The van der Waals surface area contributed by atoms with Crippen molar-refractivity contribution in [1.82, 2.24) is 5.32 Å². The number of rotatable bonds is 9. The SMILES string of the molecule is CCCC(NC(=O)C1=Cc2cccc(OCC)c2OC1)C(=O)Nc1cccc(N2CCCC2)c1. The van der Waals surface area contributed by atoms with Gasteiger partial charge in [0.05, 0.1) is 12.2 Å². The topological polar surface area (TPSA) is 79.9 Å². The molecule has 34 heavy (non-hydrogen) atoms. The summed E-state index contributed by atoms with van der Waals surface area (Å²) in [5.74, 6) is 0.786. The molecule has 0 aliphatic carbocycles. The fourth-order valence-electron chi connectivity index (χ4n) is 4.37. The van der Waals surface area contributed by atoms with Gasteiger partial charge in [-0.25, -0.2) is 0 Å². The fraction of sp³-hybridized carbons (Fsp3) is 0.407. The maximum absolute atomic E-state index is 13.1. The van der Waals surface area contributed by atoms with Crippen LogP contribution in [0, 0.1) is 0 Å². The highest BCUT2D eigenvalue weighted by Crippen LogP contribution is 2.35.